The molecule has 0 radical (unpaired) electrons. The van der Waals surface area contributed by atoms with Gasteiger partial charge >= 0.3 is 0 Å². The normalized spacial score (nSPS) is 65.9. The third-order valence-electron chi connectivity index (χ3n) is 10.2. The van der Waals surface area contributed by atoms with E-state index in [1.165, 1.54) is 0 Å². The van der Waals surface area contributed by atoms with Crippen LogP contribution in [0.4, 0.5) is 0 Å². The van der Waals surface area contributed by atoms with E-state index in [-0.39, 0.29) is 30.1 Å². The van der Waals surface area contributed by atoms with Crippen molar-refractivity contribution in [2.24, 2.45) is 28.6 Å². The van der Waals surface area contributed by atoms with E-state index < -0.39 is 45.4 Å². The quantitative estimate of drug-likeness (QED) is 0.531. The van der Waals surface area contributed by atoms with Gasteiger partial charge in [-0.3, -0.25) is 0 Å². The van der Waals surface area contributed by atoms with Crippen LogP contribution in [-0.4, -0.2) is 62.3 Å². The lowest BCUT2D eigenvalue weighted by Gasteiger charge is -2.51. The predicted octanol–water partition coefficient (Wildman–Crippen LogP) is 1.98. The molecule has 6 fully saturated rings. The zero-order valence-corrected chi connectivity index (χ0v) is 18.4. The molecule has 0 aromatic rings. The molecule has 2 saturated heterocycles. The summed E-state index contributed by atoms with van der Waals surface area (Å²) in [4.78, 5) is 0. The fourth-order valence-electron chi connectivity index (χ4n) is 9.06. The summed E-state index contributed by atoms with van der Waals surface area (Å²) < 4.78 is 19.1. The van der Waals surface area contributed by atoms with Gasteiger partial charge in [-0.05, 0) is 65.2 Å². The molecule has 4 saturated carbocycles. The number of hydrogen-bond donors (Lipinski definition) is 3. The highest BCUT2D eigenvalue weighted by Gasteiger charge is 2.85. The lowest BCUT2D eigenvalue weighted by atomic mass is 9.58. The zero-order valence-electron chi connectivity index (χ0n) is 18.4. The van der Waals surface area contributed by atoms with Gasteiger partial charge < -0.3 is 29.5 Å². The van der Waals surface area contributed by atoms with Gasteiger partial charge in [0.2, 0.25) is 0 Å². The summed E-state index contributed by atoms with van der Waals surface area (Å²) in [6.45, 7) is 11.7. The summed E-state index contributed by atoms with van der Waals surface area (Å²) in [6, 6.07) is 0. The summed E-state index contributed by atoms with van der Waals surface area (Å²) in [5.41, 5.74) is -4.17. The highest BCUT2D eigenvalue weighted by molar-refractivity contribution is 5.33. The van der Waals surface area contributed by atoms with Crippen molar-refractivity contribution in [2.45, 2.75) is 114 Å². The maximum absolute atomic E-state index is 12.5. The second-order valence-corrected chi connectivity index (χ2v) is 12.5. The molecule has 2 aliphatic heterocycles. The third kappa shape index (κ3) is 1.97. The van der Waals surface area contributed by atoms with Gasteiger partial charge in [0.15, 0.2) is 5.79 Å². The zero-order chi connectivity index (χ0) is 21.0. The largest absolute Gasteiger partial charge is 0.390 e. The van der Waals surface area contributed by atoms with E-state index in [9.17, 15) is 15.3 Å². The molecule has 164 valence electrons. The molecule has 0 aromatic carbocycles. The van der Waals surface area contributed by atoms with E-state index in [2.05, 4.69) is 0 Å². The molecule has 0 unspecified atom stereocenters. The fourth-order valence-corrected chi connectivity index (χ4v) is 9.06. The SMILES string of the molecule is CC1(C)O[C@@H]2[C@@H](O1)[C@]1(O)[C@@H]([C@@H]3O[C@H]3C1(C)C)[C@](C)(O)[C@@H]1CC[C@@H]3C[C@@]21C[C@@]3(C)O. The molecule has 3 N–H and O–H groups in total. The first kappa shape index (κ1) is 19.4. The molecule has 6 aliphatic rings. The van der Waals surface area contributed by atoms with Crippen molar-refractivity contribution in [3.05, 3.63) is 0 Å². The topological polar surface area (TPSA) is 91.7 Å². The summed E-state index contributed by atoms with van der Waals surface area (Å²) in [6.07, 6.45) is 1.94. The minimum Gasteiger partial charge on any atom is -0.390 e. The Hall–Kier alpha value is -0.240. The average molecular weight is 409 g/mol. The number of ether oxygens (including phenoxy) is 3. The number of epoxide rings is 1. The summed E-state index contributed by atoms with van der Waals surface area (Å²) in [5, 5.41) is 35.9. The number of hydrogen-bond acceptors (Lipinski definition) is 6. The Kier molecular flexibility index (Phi) is 3.28. The average Bonchev–Trinajstić information content (AvgIpc) is 3.19. The van der Waals surface area contributed by atoms with E-state index in [0.717, 1.165) is 19.3 Å². The van der Waals surface area contributed by atoms with Crippen LogP contribution in [0.25, 0.3) is 0 Å². The Morgan fingerprint density at radius 1 is 0.828 bits per heavy atom. The van der Waals surface area contributed by atoms with Crippen molar-refractivity contribution in [3.63, 3.8) is 0 Å². The Labute approximate surface area is 172 Å². The summed E-state index contributed by atoms with van der Waals surface area (Å²) in [5.74, 6) is -1.15. The minimum absolute atomic E-state index is 0.0750. The molecule has 29 heavy (non-hydrogen) atoms. The molecule has 0 aromatic heterocycles. The number of aliphatic hydroxyl groups is 3. The van der Waals surface area contributed by atoms with Crippen molar-refractivity contribution >= 4 is 0 Å². The molecule has 0 amide bonds. The first-order valence-corrected chi connectivity index (χ1v) is 11.4. The first-order valence-electron chi connectivity index (χ1n) is 11.4. The molecule has 2 bridgehead atoms. The van der Waals surface area contributed by atoms with Crippen LogP contribution in [-0.2, 0) is 14.2 Å². The van der Waals surface area contributed by atoms with Crippen molar-refractivity contribution in [1.82, 2.24) is 0 Å². The lowest BCUT2D eigenvalue weighted by molar-refractivity contribution is -0.249. The molecule has 2 heterocycles. The minimum atomic E-state index is -1.27. The van der Waals surface area contributed by atoms with Crippen LogP contribution in [0.1, 0.15) is 67.2 Å². The lowest BCUT2D eigenvalue weighted by Crippen LogP contribution is -2.64. The van der Waals surface area contributed by atoms with Crippen molar-refractivity contribution in [1.29, 1.82) is 0 Å². The highest BCUT2D eigenvalue weighted by Crippen LogP contribution is 2.74. The van der Waals surface area contributed by atoms with E-state index in [0.29, 0.717) is 6.42 Å². The summed E-state index contributed by atoms with van der Waals surface area (Å²) in [7, 11) is 0. The van der Waals surface area contributed by atoms with Crippen LogP contribution in [0.15, 0.2) is 0 Å². The predicted molar refractivity (Wildman–Crippen MR) is 104 cm³/mol. The fraction of sp³-hybridized carbons (Fsp3) is 1.00. The van der Waals surface area contributed by atoms with Gasteiger partial charge in [-0.25, -0.2) is 0 Å². The molecule has 1 spiro atoms. The van der Waals surface area contributed by atoms with Crippen LogP contribution < -0.4 is 0 Å². The highest BCUT2D eigenvalue weighted by atomic mass is 16.8. The molecule has 6 nitrogen and oxygen atoms in total. The molecule has 6 heteroatoms. The van der Waals surface area contributed by atoms with Crippen LogP contribution in [0.3, 0.4) is 0 Å². The molecule has 11 atom stereocenters. The van der Waals surface area contributed by atoms with E-state index in [1.54, 1.807) is 0 Å². The monoisotopic (exact) mass is 408 g/mol. The van der Waals surface area contributed by atoms with E-state index >= 15 is 0 Å². The van der Waals surface area contributed by atoms with Gasteiger partial charge in [-0.15, -0.1) is 0 Å². The van der Waals surface area contributed by atoms with Crippen LogP contribution in [0, 0.1) is 28.6 Å². The van der Waals surface area contributed by atoms with Gasteiger partial charge in [0, 0.05) is 16.7 Å². The second-order valence-electron chi connectivity index (χ2n) is 12.5. The smallest absolute Gasteiger partial charge is 0.163 e. The van der Waals surface area contributed by atoms with Crippen molar-refractivity contribution < 1.29 is 29.5 Å². The maximum Gasteiger partial charge on any atom is 0.163 e. The number of fused-ring (bicyclic) bond motifs is 6. The van der Waals surface area contributed by atoms with Gasteiger partial charge in [0.1, 0.15) is 11.7 Å². The van der Waals surface area contributed by atoms with Crippen LogP contribution in [0.5, 0.6) is 0 Å². The first-order chi connectivity index (χ1) is 13.2. The molecular weight excluding hydrogens is 372 g/mol. The van der Waals surface area contributed by atoms with E-state index in [1.807, 2.05) is 41.5 Å². The van der Waals surface area contributed by atoms with Gasteiger partial charge in [-0.1, -0.05) is 13.8 Å². The Bertz CT molecular complexity index is 773. The van der Waals surface area contributed by atoms with Gasteiger partial charge in [0.05, 0.1) is 29.5 Å². The Morgan fingerprint density at radius 2 is 1.48 bits per heavy atom. The van der Waals surface area contributed by atoms with Crippen LogP contribution >= 0.6 is 0 Å². The van der Waals surface area contributed by atoms with Gasteiger partial charge in [0.25, 0.3) is 0 Å². The molecule has 4 aliphatic carbocycles. The standard InChI is InChI=1S/C23H36O6/c1-18(2)15-13(27-15)14-21(6,25)12-8-7-11-9-22(12,10-20(11,5)24)16-17(23(14,18)26)29-19(3,4)28-16/h11-17,24-26H,7-10H2,1-6H3/t11-,12+,13+,14+,15-,16-,17-,20-,21-,22+,23-/m1/s1. The summed E-state index contributed by atoms with van der Waals surface area (Å²) >= 11 is 0. The Balaban J connectivity index is 1.60. The van der Waals surface area contributed by atoms with Gasteiger partial charge in [-0.2, -0.15) is 0 Å². The second kappa shape index (κ2) is 4.89. The van der Waals surface area contributed by atoms with Crippen molar-refractivity contribution in [3.8, 4) is 0 Å². The van der Waals surface area contributed by atoms with Crippen LogP contribution in [0.2, 0.25) is 0 Å². The van der Waals surface area contributed by atoms with Crippen molar-refractivity contribution in [2.75, 3.05) is 0 Å². The molecular formula is C23H36O6. The number of rotatable bonds is 0. The maximum atomic E-state index is 12.5. The third-order valence-corrected chi connectivity index (χ3v) is 10.2. The Morgan fingerprint density at radius 3 is 2.17 bits per heavy atom. The van der Waals surface area contributed by atoms with E-state index in [4.69, 9.17) is 14.2 Å². The molecule has 6 rings (SSSR count).